The third-order valence-electron chi connectivity index (χ3n) is 5.74. The summed E-state index contributed by atoms with van der Waals surface area (Å²) in [6, 6.07) is 0.422. The SMILES string of the molecule is C[C@H](O/N=C(\C(=O)NC1C(=O)N2C(C(=O)O)=C(CSc3nc(N)cc(N)[n+]3C)CS[C@H]12)c1csc(N)n1)C(=O)O. The average Bonchev–Trinajstić information content (AvgIpc) is 3.33. The second kappa shape index (κ2) is 11.6. The fourth-order valence-electron chi connectivity index (χ4n) is 3.64. The monoisotopic (exact) mass is 610 g/mol. The maximum Gasteiger partial charge on any atom is 0.352 e. The zero-order valence-corrected chi connectivity index (χ0v) is 23.4. The van der Waals surface area contributed by atoms with Gasteiger partial charge in [0.25, 0.3) is 11.8 Å². The minimum Gasteiger partial charge on any atom is -0.478 e. The van der Waals surface area contributed by atoms with Crippen molar-refractivity contribution in [2.45, 2.75) is 29.6 Å². The van der Waals surface area contributed by atoms with E-state index in [4.69, 9.17) is 27.1 Å². The molecule has 0 bridgehead atoms. The van der Waals surface area contributed by atoms with Crippen molar-refractivity contribution in [2.24, 2.45) is 12.2 Å². The number of hydrogen-bond acceptors (Lipinski definition) is 14. The van der Waals surface area contributed by atoms with Crippen molar-refractivity contribution < 1.29 is 38.8 Å². The van der Waals surface area contributed by atoms with Crippen LogP contribution in [0.5, 0.6) is 0 Å². The van der Waals surface area contributed by atoms with Crippen LogP contribution in [-0.2, 0) is 31.1 Å². The molecular formula is C21H24N9O7S3+. The number of aliphatic carboxylic acids is 2. The number of carbonyl (C=O) groups excluding carboxylic acids is 2. The first-order valence-corrected chi connectivity index (χ1v) is 14.2. The predicted octanol–water partition coefficient (Wildman–Crippen LogP) is -1.17. The van der Waals surface area contributed by atoms with E-state index in [0.29, 0.717) is 16.5 Å². The van der Waals surface area contributed by atoms with Gasteiger partial charge >= 0.3 is 17.1 Å². The lowest BCUT2D eigenvalue weighted by atomic mass is 10.0. The Balaban J connectivity index is 1.52. The molecule has 0 saturated carbocycles. The van der Waals surface area contributed by atoms with Gasteiger partial charge in [-0.1, -0.05) is 10.1 Å². The van der Waals surface area contributed by atoms with Gasteiger partial charge in [-0.3, -0.25) is 14.5 Å². The van der Waals surface area contributed by atoms with Crippen molar-refractivity contribution in [3.05, 3.63) is 28.4 Å². The van der Waals surface area contributed by atoms with Crippen LogP contribution in [0.25, 0.3) is 0 Å². The van der Waals surface area contributed by atoms with Crippen molar-refractivity contribution in [1.29, 1.82) is 0 Å². The molecule has 2 aromatic heterocycles. The van der Waals surface area contributed by atoms with Gasteiger partial charge in [0.1, 0.15) is 22.8 Å². The number of anilines is 3. The molecule has 2 aliphatic rings. The third kappa shape index (κ3) is 5.75. The minimum absolute atomic E-state index is 0.0203. The first-order valence-electron chi connectivity index (χ1n) is 11.3. The molecule has 16 nitrogen and oxygen atoms in total. The average molecular weight is 611 g/mol. The van der Waals surface area contributed by atoms with E-state index in [1.54, 1.807) is 11.6 Å². The Hall–Kier alpha value is -4.10. The van der Waals surface area contributed by atoms with Crippen LogP contribution < -0.4 is 27.1 Å². The number of nitrogens with two attached hydrogens (primary N) is 3. The summed E-state index contributed by atoms with van der Waals surface area (Å²) in [6.45, 7) is 1.22. The molecule has 19 heteroatoms. The molecule has 40 heavy (non-hydrogen) atoms. The summed E-state index contributed by atoms with van der Waals surface area (Å²) in [4.78, 5) is 63.7. The molecule has 1 unspecified atom stereocenters. The number of amides is 2. The molecular weight excluding hydrogens is 586 g/mol. The summed E-state index contributed by atoms with van der Waals surface area (Å²) in [5, 5.41) is 26.5. The summed E-state index contributed by atoms with van der Waals surface area (Å²) < 4.78 is 1.61. The van der Waals surface area contributed by atoms with E-state index in [-0.39, 0.29) is 39.6 Å². The number of fused-ring (bicyclic) bond motifs is 1. The van der Waals surface area contributed by atoms with E-state index in [1.807, 2.05) is 0 Å². The Morgan fingerprint density at radius 1 is 1.32 bits per heavy atom. The summed E-state index contributed by atoms with van der Waals surface area (Å²) in [5.41, 5.74) is 17.3. The number of nitrogens with zero attached hydrogens (tertiary/aromatic N) is 5. The molecule has 2 aromatic rings. The Morgan fingerprint density at radius 2 is 2.05 bits per heavy atom. The van der Waals surface area contributed by atoms with Gasteiger partial charge in [-0.25, -0.2) is 19.1 Å². The number of carboxylic acids is 2. The number of rotatable bonds is 10. The van der Waals surface area contributed by atoms with Gasteiger partial charge in [0, 0.05) is 16.9 Å². The van der Waals surface area contributed by atoms with Gasteiger partial charge in [-0.05, 0) is 24.3 Å². The van der Waals surface area contributed by atoms with Crippen molar-refractivity contribution >= 4 is 81.1 Å². The molecule has 3 atom stereocenters. The summed E-state index contributed by atoms with van der Waals surface area (Å²) in [7, 11) is 1.69. The van der Waals surface area contributed by atoms with Crippen LogP contribution in [0.2, 0.25) is 0 Å². The van der Waals surface area contributed by atoms with Crippen molar-refractivity contribution in [1.82, 2.24) is 20.2 Å². The smallest absolute Gasteiger partial charge is 0.352 e. The number of aromatic nitrogens is 3. The first-order chi connectivity index (χ1) is 18.9. The molecule has 0 spiro atoms. The summed E-state index contributed by atoms with van der Waals surface area (Å²) in [6.07, 6.45) is -1.37. The second-order valence-corrected chi connectivity index (χ2v) is 11.4. The van der Waals surface area contributed by atoms with E-state index in [2.05, 4.69) is 20.4 Å². The molecule has 2 amide bonds. The molecule has 4 heterocycles. The molecule has 1 fully saturated rings. The fourth-order valence-corrected chi connectivity index (χ4v) is 6.67. The standard InChI is InChI=1S/C21H23N9O7S3/c1-7(18(33)34)37-28-12(9-6-39-20(24)25-9)15(31)27-13-16(32)30-14(19(35)36)8(4-38-17(13)30)5-40-21-26-10(22)3-11(23)29(21)2/h3,6-7,13,17H,4-5H2,1-2H3,(H8,22,23,24,25,27,31,33,34,35,36)/p+1/b28-12-/t7-,13?,17+/m0/s1. The van der Waals surface area contributed by atoms with E-state index >= 15 is 0 Å². The number of thiazole rings is 1. The van der Waals surface area contributed by atoms with E-state index in [9.17, 15) is 24.3 Å². The lowest BCUT2D eigenvalue weighted by Gasteiger charge is -2.49. The van der Waals surface area contributed by atoms with Crippen LogP contribution in [0.4, 0.5) is 16.8 Å². The molecule has 1 saturated heterocycles. The molecule has 212 valence electrons. The molecule has 9 N–H and O–H groups in total. The van der Waals surface area contributed by atoms with E-state index < -0.39 is 41.3 Å². The maximum atomic E-state index is 13.1. The van der Waals surface area contributed by atoms with Gasteiger partial charge in [-0.2, -0.15) is 0 Å². The normalized spacial score (nSPS) is 19.5. The zero-order valence-electron chi connectivity index (χ0n) is 20.9. The number of oxime groups is 1. The quantitative estimate of drug-likeness (QED) is 0.0463. The van der Waals surface area contributed by atoms with Gasteiger partial charge < -0.3 is 37.6 Å². The number of carbonyl (C=O) groups is 4. The molecule has 4 rings (SSSR count). The van der Waals surface area contributed by atoms with Crippen LogP contribution in [0, 0.1) is 0 Å². The Morgan fingerprint density at radius 3 is 2.67 bits per heavy atom. The summed E-state index contributed by atoms with van der Waals surface area (Å²) in [5.74, 6) is -3.06. The minimum atomic E-state index is -1.37. The van der Waals surface area contributed by atoms with Crippen LogP contribution in [0.3, 0.4) is 0 Å². The number of hydrogen-bond donors (Lipinski definition) is 6. The van der Waals surface area contributed by atoms with E-state index in [0.717, 1.165) is 16.2 Å². The highest BCUT2D eigenvalue weighted by molar-refractivity contribution is 8.01. The second-order valence-electron chi connectivity index (χ2n) is 8.45. The highest BCUT2D eigenvalue weighted by Crippen LogP contribution is 2.41. The topological polar surface area (TPSA) is 253 Å². The van der Waals surface area contributed by atoms with Crippen molar-refractivity contribution in [3.8, 4) is 0 Å². The number of nitrogens with one attached hydrogen (secondary N) is 1. The van der Waals surface area contributed by atoms with Gasteiger partial charge in [0.15, 0.2) is 10.8 Å². The fraction of sp³-hybridized carbons (Fsp3) is 0.333. The Bertz CT molecular complexity index is 1460. The zero-order chi connectivity index (χ0) is 29.3. The van der Waals surface area contributed by atoms with Gasteiger partial charge in [-0.15, -0.1) is 23.1 Å². The molecule has 2 aliphatic heterocycles. The largest absolute Gasteiger partial charge is 0.478 e. The Kier molecular flexibility index (Phi) is 8.35. The van der Waals surface area contributed by atoms with Crippen LogP contribution in [-0.4, -0.2) is 83.6 Å². The highest BCUT2D eigenvalue weighted by Gasteiger charge is 2.54. The van der Waals surface area contributed by atoms with E-state index in [1.165, 1.54) is 41.9 Å². The lowest BCUT2D eigenvalue weighted by molar-refractivity contribution is -0.698. The third-order valence-corrected chi connectivity index (χ3v) is 8.87. The lowest BCUT2D eigenvalue weighted by Crippen LogP contribution is -2.71. The predicted molar refractivity (Wildman–Crippen MR) is 146 cm³/mol. The Labute approximate surface area is 238 Å². The summed E-state index contributed by atoms with van der Waals surface area (Å²) >= 11 is 3.51. The number of carboxylic acid groups (broad SMARTS) is 2. The van der Waals surface area contributed by atoms with Crippen LogP contribution in [0.15, 0.2) is 33.0 Å². The van der Waals surface area contributed by atoms with Gasteiger partial charge in [0.2, 0.25) is 17.7 Å². The number of nitrogen functional groups attached to an aromatic ring is 3. The maximum absolute atomic E-state index is 13.1. The molecule has 0 aromatic carbocycles. The van der Waals surface area contributed by atoms with Crippen LogP contribution >= 0.6 is 34.9 Å². The highest BCUT2D eigenvalue weighted by atomic mass is 32.2. The van der Waals surface area contributed by atoms with Crippen LogP contribution in [0.1, 0.15) is 12.6 Å². The van der Waals surface area contributed by atoms with Crippen molar-refractivity contribution in [3.63, 3.8) is 0 Å². The van der Waals surface area contributed by atoms with Gasteiger partial charge in [0.05, 0.1) is 13.1 Å². The number of thioether (sulfide) groups is 2. The molecule has 0 aliphatic carbocycles. The number of β-lactam (4-membered cyclic amide) rings is 1. The van der Waals surface area contributed by atoms with Crippen molar-refractivity contribution in [2.75, 3.05) is 28.7 Å². The molecule has 0 radical (unpaired) electrons. The first kappa shape index (κ1) is 28.9.